The molecule has 1 aromatic heterocycles. The fourth-order valence-corrected chi connectivity index (χ4v) is 4.15. The topological polar surface area (TPSA) is 54.5 Å². The molecule has 1 amide bonds. The maximum Gasteiger partial charge on any atom is 0.224 e. The van der Waals surface area contributed by atoms with Crippen molar-refractivity contribution in [3.8, 4) is 16.9 Å². The highest BCUT2D eigenvalue weighted by Gasteiger charge is 2.26. The van der Waals surface area contributed by atoms with Crippen molar-refractivity contribution in [1.29, 1.82) is 0 Å². The van der Waals surface area contributed by atoms with Crippen LogP contribution in [0.15, 0.2) is 73.1 Å². The molecule has 0 bridgehead atoms. The third kappa shape index (κ3) is 5.50. The predicted octanol–water partition coefficient (Wildman–Crippen LogP) is 3.94. The molecule has 0 spiro atoms. The van der Waals surface area contributed by atoms with E-state index in [1.165, 1.54) is 11.1 Å². The van der Waals surface area contributed by atoms with Crippen molar-refractivity contribution in [3.05, 3.63) is 84.2 Å². The zero-order chi connectivity index (χ0) is 21.5. The molecule has 3 aromatic rings. The number of amides is 1. The first-order valence-electron chi connectivity index (χ1n) is 10.9. The molecule has 160 valence electrons. The molecule has 1 unspecified atom stereocenters. The SMILES string of the molecule is CCOc1ccc(CN2CCNC(=O)C(Cc3ccccc3-c3cccnc3)C2)cc1. The molecule has 2 heterocycles. The fourth-order valence-electron chi connectivity index (χ4n) is 4.15. The van der Waals surface area contributed by atoms with E-state index in [9.17, 15) is 4.79 Å². The van der Waals surface area contributed by atoms with E-state index in [4.69, 9.17) is 4.74 Å². The zero-order valence-corrected chi connectivity index (χ0v) is 18.0. The van der Waals surface area contributed by atoms with E-state index in [1.54, 1.807) is 6.20 Å². The van der Waals surface area contributed by atoms with Crippen LogP contribution in [0, 0.1) is 5.92 Å². The van der Waals surface area contributed by atoms with Crippen LogP contribution in [0.3, 0.4) is 0 Å². The highest BCUT2D eigenvalue weighted by atomic mass is 16.5. The number of ether oxygens (including phenoxy) is 1. The Balaban J connectivity index is 1.49. The summed E-state index contributed by atoms with van der Waals surface area (Å²) in [6.45, 7) is 5.74. The molecule has 4 rings (SSSR count). The summed E-state index contributed by atoms with van der Waals surface area (Å²) < 4.78 is 5.54. The van der Waals surface area contributed by atoms with E-state index in [-0.39, 0.29) is 11.8 Å². The summed E-state index contributed by atoms with van der Waals surface area (Å²) in [5, 5.41) is 3.10. The number of carbonyl (C=O) groups excluding carboxylic acids is 1. The van der Waals surface area contributed by atoms with Crippen LogP contribution in [0.25, 0.3) is 11.1 Å². The Hall–Kier alpha value is -3.18. The Labute approximate surface area is 184 Å². The molecule has 1 saturated heterocycles. The first-order valence-corrected chi connectivity index (χ1v) is 10.9. The predicted molar refractivity (Wildman–Crippen MR) is 123 cm³/mol. The lowest BCUT2D eigenvalue weighted by atomic mass is 9.92. The molecular formula is C26H29N3O2. The molecule has 1 atom stereocenters. The summed E-state index contributed by atoms with van der Waals surface area (Å²) in [6.07, 6.45) is 4.37. The van der Waals surface area contributed by atoms with E-state index in [1.807, 2.05) is 43.5 Å². The Kier molecular flexibility index (Phi) is 6.95. The van der Waals surface area contributed by atoms with Gasteiger partial charge in [0, 0.05) is 44.1 Å². The minimum absolute atomic E-state index is 0.0944. The highest BCUT2D eigenvalue weighted by Crippen LogP contribution is 2.26. The maximum atomic E-state index is 12.8. The normalized spacial score (nSPS) is 17.1. The number of nitrogens with one attached hydrogen (secondary N) is 1. The van der Waals surface area contributed by atoms with Gasteiger partial charge in [-0.2, -0.15) is 0 Å². The second-order valence-electron chi connectivity index (χ2n) is 7.90. The molecule has 2 aromatic carbocycles. The van der Waals surface area contributed by atoms with Crippen molar-refractivity contribution in [3.63, 3.8) is 0 Å². The summed E-state index contributed by atoms with van der Waals surface area (Å²) >= 11 is 0. The first-order chi connectivity index (χ1) is 15.2. The van der Waals surface area contributed by atoms with Gasteiger partial charge in [0.15, 0.2) is 0 Å². The average Bonchev–Trinajstić information content (AvgIpc) is 2.97. The third-order valence-electron chi connectivity index (χ3n) is 5.67. The zero-order valence-electron chi connectivity index (χ0n) is 18.0. The van der Waals surface area contributed by atoms with Gasteiger partial charge in [-0.3, -0.25) is 14.7 Å². The molecule has 5 heteroatoms. The van der Waals surface area contributed by atoms with E-state index >= 15 is 0 Å². The average molecular weight is 416 g/mol. The largest absolute Gasteiger partial charge is 0.494 e. The van der Waals surface area contributed by atoms with Crippen molar-refractivity contribution in [2.75, 3.05) is 26.2 Å². The summed E-state index contributed by atoms with van der Waals surface area (Å²) in [4.78, 5) is 19.4. The fraction of sp³-hybridized carbons (Fsp3) is 0.308. The Bertz CT molecular complexity index is 989. The molecule has 31 heavy (non-hydrogen) atoms. The van der Waals surface area contributed by atoms with Gasteiger partial charge in [0.1, 0.15) is 5.75 Å². The molecule has 1 fully saturated rings. The molecule has 5 nitrogen and oxygen atoms in total. The van der Waals surface area contributed by atoms with Gasteiger partial charge < -0.3 is 10.1 Å². The molecule has 0 aliphatic carbocycles. The number of benzene rings is 2. The lowest BCUT2D eigenvalue weighted by molar-refractivity contribution is -0.124. The van der Waals surface area contributed by atoms with Crippen LogP contribution in [-0.2, 0) is 17.8 Å². The van der Waals surface area contributed by atoms with Crippen LogP contribution in [0.2, 0.25) is 0 Å². The second kappa shape index (κ2) is 10.2. The molecule has 1 aliphatic heterocycles. The standard InChI is InChI=1S/C26H29N3O2/c1-2-31-24-11-9-20(10-12-24)18-29-15-14-28-26(30)23(19-29)16-21-6-3-4-8-25(21)22-7-5-13-27-17-22/h3-13,17,23H,2,14-16,18-19H2,1H3,(H,28,30). The number of pyridine rings is 1. The van der Waals surface area contributed by atoms with Crippen molar-refractivity contribution in [2.24, 2.45) is 5.92 Å². The lowest BCUT2D eigenvalue weighted by Gasteiger charge is -2.23. The Morgan fingerprint density at radius 2 is 1.94 bits per heavy atom. The quantitative estimate of drug-likeness (QED) is 0.635. The van der Waals surface area contributed by atoms with Crippen molar-refractivity contribution >= 4 is 5.91 Å². The second-order valence-corrected chi connectivity index (χ2v) is 7.90. The summed E-state index contributed by atoms with van der Waals surface area (Å²) in [6, 6.07) is 20.6. The number of hydrogen-bond donors (Lipinski definition) is 1. The van der Waals surface area contributed by atoms with Crippen molar-refractivity contribution in [1.82, 2.24) is 15.2 Å². The molecule has 0 radical (unpaired) electrons. The number of rotatable bonds is 7. The van der Waals surface area contributed by atoms with E-state index in [2.05, 4.69) is 45.5 Å². The first kappa shape index (κ1) is 21.1. The third-order valence-corrected chi connectivity index (χ3v) is 5.67. The molecule has 1 N–H and O–H groups in total. The maximum absolute atomic E-state index is 12.8. The lowest BCUT2D eigenvalue weighted by Crippen LogP contribution is -2.33. The Morgan fingerprint density at radius 1 is 1.10 bits per heavy atom. The van der Waals surface area contributed by atoms with Crippen LogP contribution < -0.4 is 10.1 Å². The molecule has 1 aliphatic rings. The molecule has 0 saturated carbocycles. The van der Waals surface area contributed by atoms with E-state index in [0.29, 0.717) is 19.6 Å². The molecular weight excluding hydrogens is 386 g/mol. The van der Waals surface area contributed by atoms with Gasteiger partial charge in [0.2, 0.25) is 5.91 Å². The van der Waals surface area contributed by atoms with Gasteiger partial charge in [0.25, 0.3) is 0 Å². The number of aromatic nitrogens is 1. The van der Waals surface area contributed by atoms with E-state index in [0.717, 1.165) is 36.5 Å². The van der Waals surface area contributed by atoms with Crippen LogP contribution in [0.5, 0.6) is 5.75 Å². The minimum atomic E-state index is -0.0944. The van der Waals surface area contributed by atoms with E-state index < -0.39 is 0 Å². The smallest absolute Gasteiger partial charge is 0.224 e. The summed E-state index contributed by atoms with van der Waals surface area (Å²) in [7, 11) is 0. The van der Waals surface area contributed by atoms with Crippen LogP contribution >= 0.6 is 0 Å². The number of carbonyl (C=O) groups is 1. The van der Waals surface area contributed by atoms with Crippen molar-refractivity contribution in [2.45, 2.75) is 19.9 Å². The van der Waals surface area contributed by atoms with Gasteiger partial charge in [-0.05, 0) is 48.2 Å². The van der Waals surface area contributed by atoms with Gasteiger partial charge in [0.05, 0.1) is 12.5 Å². The van der Waals surface area contributed by atoms with Gasteiger partial charge in [-0.15, -0.1) is 0 Å². The highest BCUT2D eigenvalue weighted by molar-refractivity contribution is 5.80. The van der Waals surface area contributed by atoms with Crippen LogP contribution in [0.1, 0.15) is 18.1 Å². The summed E-state index contributed by atoms with van der Waals surface area (Å²) in [5.74, 6) is 0.932. The number of nitrogens with zero attached hydrogens (tertiary/aromatic N) is 2. The number of hydrogen-bond acceptors (Lipinski definition) is 4. The van der Waals surface area contributed by atoms with Crippen LogP contribution in [-0.4, -0.2) is 42.0 Å². The monoisotopic (exact) mass is 415 g/mol. The van der Waals surface area contributed by atoms with Gasteiger partial charge >= 0.3 is 0 Å². The Morgan fingerprint density at radius 3 is 2.71 bits per heavy atom. The summed E-state index contributed by atoms with van der Waals surface area (Å²) in [5.41, 5.74) is 4.63. The van der Waals surface area contributed by atoms with Gasteiger partial charge in [-0.1, -0.05) is 42.5 Å². The van der Waals surface area contributed by atoms with Crippen molar-refractivity contribution < 1.29 is 9.53 Å². The minimum Gasteiger partial charge on any atom is -0.494 e. The van der Waals surface area contributed by atoms with Gasteiger partial charge in [-0.25, -0.2) is 0 Å². The van der Waals surface area contributed by atoms with Crippen LogP contribution in [0.4, 0.5) is 0 Å².